The standard InChI is InChI=1S/C9H9BrO3S/c10-7-2-1-6(14-7)9(3-8(11)12)4-13-5-9/h1-2H,3-5H2,(H,11,12). The molecular weight excluding hydrogens is 268 g/mol. The molecule has 3 nitrogen and oxygen atoms in total. The Morgan fingerprint density at radius 3 is 2.71 bits per heavy atom. The Labute approximate surface area is 93.8 Å². The summed E-state index contributed by atoms with van der Waals surface area (Å²) in [6, 6.07) is 3.92. The maximum Gasteiger partial charge on any atom is 0.304 e. The Balaban J connectivity index is 2.24. The molecule has 1 fully saturated rings. The van der Waals surface area contributed by atoms with Crippen LogP contribution in [0.2, 0.25) is 0 Å². The molecule has 0 amide bonds. The number of aliphatic carboxylic acids is 1. The highest BCUT2D eigenvalue weighted by atomic mass is 79.9. The van der Waals surface area contributed by atoms with Crippen LogP contribution in [-0.4, -0.2) is 24.3 Å². The van der Waals surface area contributed by atoms with Crippen molar-refractivity contribution in [2.75, 3.05) is 13.2 Å². The second kappa shape index (κ2) is 3.64. The smallest absolute Gasteiger partial charge is 0.304 e. The molecule has 0 saturated carbocycles. The first-order valence-electron chi connectivity index (χ1n) is 4.18. The van der Waals surface area contributed by atoms with Crippen LogP contribution in [-0.2, 0) is 14.9 Å². The molecule has 1 aromatic heterocycles. The Hall–Kier alpha value is -0.390. The van der Waals surface area contributed by atoms with E-state index >= 15 is 0 Å². The van der Waals surface area contributed by atoms with Crippen LogP contribution in [0.25, 0.3) is 0 Å². The molecule has 5 heteroatoms. The highest BCUT2D eigenvalue weighted by molar-refractivity contribution is 9.11. The van der Waals surface area contributed by atoms with Gasteiger partial charge in [-0.25, -0.2) is 0 Å². The molecule has 0 spiro atoms. The van der Waals surface area contributed by atoms with Crippen LogP contribution in [0.4, 0.5) is 0 Å². The molecule has 0 radical (unpaired) electrons. The number of carboxylic acid groups (broad SMARTS) is 1. The van der Waals surface area contributed by atoms with E-state index in [-0.39, 0.29) is 11.8 Å². The second-order valence-corrected chi connectivity index (χ2v) is 5.91. The summed E-state index contributed by atoms with van der Waals surface area (Å²) in [7, 11) is 0. The molecule has 2 heterocycles. The van der Waals surface area contributed by atoms with E-state index in [0.29, 0.717) is 13.2 Å². The normalized spacial score (nSPS) is 18.9. The van der Waals surface area contributed by atoms with Gasteiger partial charge in [0.05, 0.1) is 28.8 Å². The van der Waals surface area contributed by atoms with Gasteiger partial charge in [0.15, 0.2) is 0 Å². The molecule has 1 aromatic rings. The molecule has 1 aliphatic heterocycles. The Morgan fingerprint density at radius 2 is 2.36 bits per heavy atom. The van der Waals surface area contributed by atoms with Gasteiger partial charge in [-0.2, -0.15) is 0 Å². The fourth-order valence-corrected chi connectivity index (χ4v) is 3.11. The van der Waals surface area contributed by atoms with Crippen molar-refractivity contribution in [3.63, 3.8) is 0 Å². The lowest BCUT2D eigenvalue weighted by Crippen LogP contribution is -2.47. The molecule has 76 valence electrons. The average molecular weight is 277 g/mol. The topological polar surface area (TPSA) is 46.5 Å². The average Bonchev–Trinajstić information content (AvgIpc) is 2.44. The van der Waals surface area contributed by atoms with E-state index in [0.717, 1.165) is 8.66 Å². The summed E-state index contributed by atoms with van der Waals surface area (Å²) in [4.78, 5) is 11.8. The minimum atomic E-state index is -0.766. The zero-order valence-electron chi connectivity index (χ0n) is 7.33. The maximum atomic E-state index is 10.7. The summed E-state index contributed by atoms with van der Waals surface area (Å²) in [5, 5.41) is 8.82. The fourth-order valence-electron chi connectivity index (χ4n) is 1.57. The predicted octanol–water partition coefficient (Wildman–Crippen LogP) is 2.25. The zero-order chi connectivity index (χ0) is 10.2. The van der Waals surface area contributed by atoms with Gasteiger partial charge in [-0.3, -0.25) is 4.79 Å². The van der Waals surface area contributed by atoms with Gasteiger partial charge in [0.2, 0.25) is 0 Å². The Bertz CT molecular complexity index is 357. The molecule has 0 unspecified atom stereocenters. The Kier molecular flexibility index (Phi) is 2.64. The molecule has 1 N–H and O–H groups in total. The van der Waals surface area contributed by atoms with Crippen molar-refractivity contribution in [1.82, 2.24) is 0 Å². The van der Waals surface area contributed by atoms with Crippen molar-refractivity contribution in [3.05, 3.63) is 20.8 Å². The van der Waals surface area contributed by atoms with E-state index in [2.05, 4.69) is 15.9 Å². The minimum absolute atomic E-state index is 0.153. The highest BCUT2D eigenvalue weighted by Crippen LogP contribution is 2.40. The minimum Gasteiger partial charge on any atom is -0.481 e. The van der Waals surface area contributed by atoms with Crippen LogP contribution in [0.5, 0.6) is 0 Å². The van der Waals surface area contributed by atoms with Gasteiger partial charge in [-0.15, -0.1) is 11.3 Å². The summed E-state index contributed by atoms with van der Waals surface area (Å²) in [6.45, 7) is 1.04. The number of rotatable bonds is 3. The third-order valence-electron chi connectivity index (χ3n) is 2.34. The van der Waals surface area contributed by atoms with Crippen LogP contribution in [0.15, 0.2) is 15.9 Å². The van der Waals surface area contributed by atoms with Gasteiger partial charge >= 0.3 is 5.97 Å². The van der Waals surface area contributed by atoms with Gasteiger partial charge in [0.25, 0.3) is 0 Å². The van der Waals surface area contributed by atoms with Crippen LogP contribution in [0.1, 0.15) is 11.3 Å². The zero-order valence-corrected chi connectivity index (χ0v) is 9.73. The van der Waals surface area contributed by atoms with Crippen LogP contribution < -0.4 is 0 Å². The van der Waals surface area contributed by atoms with Crippen molar-refractivity contribution in [2.24, 2.45) is 0 Å². The van der Waals surface area contributed by atoms with E-state index in [9.17, 15) is 4.79 Å². The predicted molar refractivity (Wildman–Crippen MR) is 56.8 cm³/mol. The van der Waals surface area contributed by atoms with E-state index in [1.54, 1.807) is 11.3 Å². The van der Waals surface area contributed by atoms with Crippen molar-refractivity contribution in [1.29, 1.82) is 0 Å². The van der Waals surface area contributed by atoms with Crippen molar-refractivity contribution in [3.8, 4) is 0 Å². The lowest BCUT2D eigenvalue weighted by atomic mass is 9.81. The summed E-state index contributed by atoms with van der Waals surface area (Å²) in [6.07, 6.45) is 0.153. The molecule has 14 heavy (non-hydrogen) atoms. The number of carbonyl (C=O) groups is 1. The second-order valence-electron chi connectivity index (χ2n) is 3.45. The van der Waals surface area contributed by atoms with Gasteiger partial charge in [0.1, 0.15) is 0 Å². The summed E-state index contributed by atoms with van der Waals surface area (Å²) in [5.74, 6) is -0.766. The van der Waals surface area contributed by atoms with Crippen molar-refractivity contribution in [2.45, 2.75) is 11.8 Å². The maximum absolute atomic E-state index is 10.7. The van der Waals surface area contributed by atoms with E-state index in [1.807, 2.05) is 12.1 Å². The first kappa shape index (κ1) is 10.1. The Morgan fingerprint density at radius 1 is 1.64 bits per heavy atom. The van der Waals surface area contributed by atoms with Gasteiger partial charge < -0.3 is 9.84 Å². The third kappa shape index (κ3) is 1.71. The lowest BCUT2D eigenvalue weighted by Gasteiger charge is -2.39. The number of carboxylic acids is 1. The number of thiophene rings is 1. The SMILES string of the molecule is O=C(O)CC1(c2ccc(Br)s2)COC1. The van der Waals surface area contributed by atoms with Gasteiger partial charge in [-0.1, -0.05) is 0 Å². The molecular formula is C9H9BrO3S. The lowest BCUT2D eigenvalue weighted by molar-refractivity contribution is -0.145. The van der Waals surface area contributed by atoms with Crippen molar-refractivity contribution >= 4 is 33.2 Å². The van der Waals surface area contributed by atoms with Crippen LogP contribution in [0.3, 0.4) is 0 Å². The summed E-state index contributed by atoms with van der Waals surface area (Å²) < 4.78 is 6.16. The first-order valence-corrected chi connectivity index (χ1v) is 5.79. The number of halogens is 1. The molecule has 2 rings (SSSR count). The summed E-state index contributed by atoms with van der Waals surface area (Å²) in [5.41, 5.74) is -0.275. The summed E-state index contributed by atoms with van der Waals surface area (Å²) >= 11 is 4.96. The quantitative estimate of drug-likeness (QED) is 0.921. The van der Waals surface area contributed by atoms with Crippen molar-refractivity contribution < 1.29 is 14.6 Å². The van der Waals surface area contributed by atoms with Crippen LogP contribution >= 0.6 is 27.3 Å². The van der Waals surface area contributed by atoms with Gasteiger partial charge in [0, 0.05) is 4.88 Å². The first-order chi connectivity index (χ1) is 6.62. The van der Waals surface area contributed by atoms with E-state index < -0.39 is 5.97 Å². The third-order valence-corrected chi connectivity index (χ3v) is 4.21. The molecule has 0 bridgehead atoms. The molecule has 0 aliphatic carbocycles. The highest BCUT2D eigenvalue weighted by Gasteiger charge is 2.43. The monoisotopic (exact) mass is 276 g/mol. The van der Waals surface area contributed by atoms with E-state index in [4.69, 9.17) is 9.84 Å². The van der Waals surface area contributed by atoms with E-state index in [1.165, 1.54) is 0 Å². The number of ether oxygens (including phenoxy) is 1. The van der Waals surface area contributed by atoms with Gasteiger partial charge in [-0.05, 0) is 28.1 Å². The fraction of sp³-hybridized carbons (Fsp3) is 0.444. The molecule has 1 saturated heterocycles. The molecule has 0 atom stereocenters. The number of hydrogen-bond acceptors (Lipinski definition) is 3. The molecule has 0 aromatic carbocycles. The molecule has 1 aliphatic rings. The largest absolute Gasteiger partial charge is 0.481 e. The van der Waals surface area contributed by atoms with Crippen LogP contribution in [0, 0.1) is 0 Å². The number of hydrogen-bond donors (Lipinski definition) is 1.